The molecule has 0 unspecified atom stereocenters. The van der Waals surface area contributed by atoms with Crippen LogP contribution < -0.4 is 14.8 Å². The third-order valence-corrected chi connectivity index (χ3v) is 8.54. The molecular formula is C41H35F3N2O6. The third kappa shape index (κ3) is 9.16. The van der Waals surface area contributed by atoms with E-state index in [2.05, 4.69) is 5.32 Å². The first-order chi connectivity index (χ1) is 25.1. The molecule has 0 fully saturated rings. The van der Waals surface area contributed by atoms with Gasteiger partial charge in [0.2, 0.25) is 5.91 Å². The second-order valence-corrected chi connectivity index (χ2v) is 12.1. The van der Waals surface area contributed by atoms with E-state index in [1.54, 1.807) is 30.3 Å². The highest BCUT2D eigenvalue weighted by atomic mass is 19.4. The van der Waals surface area contributed by atoms with Crippen LogP contribution in [0.15, 0.2) is 127 Å². The van der Waals surface area contributed by atoms with Gasteiger partial charge in [-0.25, -0.2) is 4.79 Å². The number of carbonyl (C=O) groups is 3. The zero-order chi connectivity index (χ0) is 36.5. The Bertz CT molecular complexity index is 1990. The van der Waals surface area contributed by atoms with Crippen molar-refractivity contribution in [2.24, 2.45) is 0 Å². The average molecular weight is 709 g/mol. The van der Waals surface area contributed by atoms with Crippen molar-refractivity contribution in [1.29, 1.82) is 0 Å². The van der Waals surface area contributed by atoms with Crippen LogP contribution in [-0.2, 0) is 40.1 Å². The van der Waals surface area contributed by atoms with Crippen LogP contribution in [0.4, 0.5) is 18.0 Å². The zero-order valence-electron chi connectivity index (χ0n) is 28.0. The van der Waals surface area contributed by atoms with Crippen LogP contribution in [0.2, 0.25) is 0 Å². The Morgan fingerprint density at radius 1 is 0.731 bits per heavy atom. The van der Waals surface area contributed by atoms with E-state index < -0.39 is 35.8 Å². The number of alkyl halides is 3. The van der Waals surface area contributed by atoms with Crippen molar-refractivity contribution < 1.29 is 41.8 Å². The number of rotatable bonds is 11. The van der Waals surface area contributed by atoms with Gasteiger partial charge in [0.05, 0.1) is 12.0 Å². The minimum Gasteiger partial charge on any atom is -0.489 e. The van der Waals surface area contributed by atoms with E-state index in [-0.39, 0.29) is 32.7 Å². The van der Waals surface area contributed by atoms with Crippen LogP contribution in [-0.4, -0.2) is 36.0 Å². The summed E-state index contributed by atoms with van der Waals surface area (Å²) in [5.74, 6) is -0.349. The summed E-state index contributed by atoms with van der Waals surface area (Å²) < 4.78 is 56.0. The fourth-order valence-electron chi connectivity index (χ4n) is 5.83. The smallest absolute Gasteiger partial charge is 0.416 e. The van der Waals surface area contributed by atoms with Crippen LogP contribution >= 0.6 is 0 Å². The van der Waals surface area contributed by atoms with E-state index in [1.807, 2.05) is 72.8 Å². The number of ether oxygens (including phenoxy) is 3. The summed E-state index contributed by atoms with van der Waals surface area (Å²) in [4.78, 5) is 41.3. The maximum absolute atomic E-state index is 13.8. The molecule has 5 aromatic rings. The van der Waals surface area contributed by atoms with E-state index in [0.29, 0.717) is 29.0 Å². The summed E-state index contributed by atoms with van der Waals surface area (Å²) in [7, 11) is 0. The molecule has 0 radical (unpaired) electrons. The Labute approximate surface area is 298 Å². The van der Waals surface area contributed by atoms with Gasteiger partial charge in [0.15, 0.2) is 0 Å². The topological polar surface area (TPSA) is 94.2 Å². The number of carbonyl (C=O) groups excluding carboxylic acids is 3. The predicted molar refractivity (Wildman–Crippen MR) is 187 cm³/mol. The van der Waals surface area contributed by atoms with Crippen molar-refractivity contribution in [1.82, 2.24) is 10.2 Å². The lowest BCUT2D eigenvalue weighted by atomic mass is 9.92. The van der Waals surface area contributed by atoms with Crippen molar-refractivity contribution in [3.8, 4) is 22.6 Å². The molecule has 0 aromatic heterocycles. The summed E-state index contributed by atoms with van der Waals surface area (Å²) in [6, 6.07) is 34.7. The van der Waals surface area contributed by atoms with Crippen LogP contribution in [0.5, 0.6) is 11.5 Å². The molecule has 52 heavy (non-hydrogen) atoms. The summed E-state index contributed by atoms with van der Waals surface area (Å²) in [5, 5.41) is 2.77. The van der Waals surface area contributed by atoms with Gasteiger partial charge >= 0.3 is 18.2 Å². The number of esters is 1. The first-order valence-corrected chi connectivity index (χ1v) is 16.7. The molecule has 1 aliphatic rings. The Morgan fingerprint density at radius 2 is 1.37 bits per heavy atom. The fourth-order valence-corrected chi connectivity index (χ4v) is 5.83. The highest BCUT2D eigenvalue weighted by Gasteiger charge is 2.37. The summed E-state index contributed by atoms with van der Waals surface area (Å²) in [6.45, 7) is 0.133. The minimum absolute atomic E-state index is 0.00577. The maximum Gasteiger partial charge on any atom is 0.416 e. The zero-order valence-corrected chi connectivity index (χ0v) is 28.0. The first kappa shape index (κ1) is 35.7. The number of nitrogens with one attached hydrogen (secondary N) is 1. The van der Waals surface area contributed by atoms with Crippen LogP contribution in [0.25, 0.3) is 11.1 Å². The molecule has 0 aliphatic carbocycles. The van der Waals surface area contributed by atoms with Gasteiger partial charge in [-0.3, -0.25) is 14.5 Å². The van der Waals surface area contributed by atoms with Gasteiger partial charge in [-0.15, -0.1) is 0 Å². The van der Waals surface area contributed by atoms with Crippen molar-refractivity contribution in [3.63, 3.8) is 0 Å². The Kier molecular flexibility index (Phi) is 11.2. The van der Waals surface area contributed by atoms with E-state index in [0.717, 1.165) is 34.4 Å². The lowest BCUT2D eigenvalue weighted by Gasteiger charge is -2.35. The van der Waals surface area contributed by atoms with E-state index in [9.17, 15) is 27.6 Å². The highest BCUT2D eigenvalue weighted by Crippen LogP contribution is 2.34. The average Bonchev–Trinajstić information content (AvgIpc) is 3.16. The van der Waals surface area contributed by atoms with E-state index in [4.69, 9.17) is 14.2 Å². The molecule has 1 aliphatic heterocycles. The van der Waals surface area contributed by atoms with Gasteiger partial charge in [-0.05, 0) is 76.2 Å². The monoisotopic (exact) mass is 708 g/mol. The van der Waals surface area contributed by atoms with Gasteiger partial charge in [-0.1, -0.05) is 91.0 Å². The van der Waals surface area contributed by atoms with Gasteiger partial charge in [0.1, 0.15) is 30.8 Å². The molecule has 5 aromatic carbocycles. The number of hydrogen-bond acceptors (Lipinski definition) is 6. The molecule has 8 nitrogen and oxygen atoms in total. The molecule has 1 N–H and O–H groups in total. The lowest BCUT2D eigenvalue weighted by molar-refractivity contribution is -0.137. The Morgan fingerprint density at radius 3 is 2.06 bits per heavy atom. The number of nitrogens with zero attached hydrogens (tertiary/aromatic N) is 1. The molecule has 266 valence electrons. The fraction of sp³-hybridized carbons (Fsp3) is 0.195. The number of benzene rings is 5. The van der Waals surface area contributed by atoms with Crippen molar-refractivity contribution in [2.45, 2.75) is 38.3 Å². The Hall–Kier alpha value is -6.10. The predicted octanol–water partition coefficient (Wildman–Crippen LogP) is 8.30. The summed E-state index contributed by atoms with van der Waals surface area (Å²) in [5.41, 5.74) is 3.86. The van der Waals surface area contributed by atoms with Gasteiger partial charge in [0, 0.05) is 13.1 Å². The molecule has 6 rings (SSSR count). The normalized spacial score (nSPS) is 13.8. The Balaban J connectivity index is 1.13. The molecule has 2 amide bonds. The van der Waals surface area contributed by atoms with Gasteiger partial charge in [0.25, 0.3) is 0 Å². The lowest BCUT2D eigenvalue weighted by Crippen LogP contribution is -2.47. The first-order valence-electron chi connectivity index (χ1n) is 16.7. The number of fused-ring (bicyclic) bond motifs is 1. The highest BCUT2D eigenvalue weighted by molar-refractivity contribution is 5.88. The third-order valence-electron chi connectivity index (χ3n) is 8.54. The SMILES string of the molecule is O=C(CCNC(=O)[C@@H]1c2cc(OCc3ccc(C(F)(F)F)cc3)ccc2CCN1C(=O)OCc1ccccc1)Oc1ccc(-c2ccccc2)cc1. The molecule has 1 atom stereocenters. The number of halogens is 3. The molecule has 11 heteroatoms. The molecule has 0 spiro atoms. The summed E-state index contributed by atoms with van der Waals surface area (Å²) in [6.07, 6.45) is -4.82. The maximum atomic E-state index is 13.8. The van der Waals surface area contributed by atoms with Crippen LogP contribution in [0, 0.1) is 0 Å². The van der Waals surface area contributed by atoms with E-state index in [1.165, 1.54) is 17.0 Å². The second-order valence-electron chi connectivity index (χ2n) is 12.1. The molecule has 0 saturated carbocycles. The quantitative estimate of drug-likeness (QED) is 0.110. The second kappa shape index (κ2) is 16.3. The minimum atomic E-state index is -4.45. The molecule has 0 saturated heterocycles. The van der Waals surface area contributed by atoms with E-state index >= 15 is 0 Å². The molecule has 0 bridgehead atoms. The van der Waals surface area contributed by atoms with Crippen molar-refractivity contribution in [3.05, 3.63) is 155 Å². The molecular weight excluding hydrogens is 673 g/mol. The van der Waals surface area contributed by atoms with Crippen molar-refractivity contribution in [2.75, 3.05) is 13.1 Å². The van der Waals surface area contributed by atoms with Gasteiger partial charge < -0.3 is 19.5 Å². The summed E-state index contributed by atoms with van der Waals surface area (Å²) >= 11 is 0. The van der Waals surface area contributed by atoms with Crippen molar-refractivity contribution >= 4 is 18.0 Å². The van der Waals surface area contributed by atoms with Gasteiger partial charge in [-0.2, -0.15) is 13.2 Å². The number of hydrogen-bond donors (Lipinski definition) is 1. The van der Waals surface area contributed by atoms with Crippen LogP contribution in [0.3, 0.4) is 0 Å². The standard InChI is InChI=1S/C41H35F3N2O6/c42-41(43,44)33-16-11-29(12-17-33)26-50-35-20-15-32-22-24-46(40(49)51-27-28-7-3-1-4-8-28)38(36(32)25-35)39(48)45-23-21-37(47)52-34-18-13-31(14-19-34)30-9-5-2-6-10-30/h1-20,25,38H,21-24,26-27H2,(H,45,48)/t38-/m0/s1. The van der Waals surface area contributed by atoms with Crippen LogP contribution in [0.1, 0.15) is 40.3 Å². The largest absolute Gasteiger partial charge is 0.489 e. The number of amides is 2. The molecule has 1 heterocycles.